The Kier molecular flexibility index (Phi) is 3.82. The molecule has 126 valence electrons. The maximum absolute atomic E-state index is 14.1. The van der Waals surface area contributed by atoms with Gasteiger partial charge in [-0.1, -0.05) is 13.8 Å². The van der Waals surface area contributed by atoms with Crippen molar-refractivity contribution in [1.82, 2.24) is 0 Å². The molecule has 2 aromatic carbocycles. The number of carbonyl (C=O) groups is 1. The normalized spacial score (nSPS) is 14.7. The second kappa shape index (κ2) is 5.58. The molecular formula is C19H18F2O3. The summed E-state index contributed by atoms with van der Waals surface area (Å²) in [6.45, 7) is 3.88. The van der Waals surface area contributed by atoms with Gasteiger partial charge in [0.15, 0.2) is 0 Å². The highest BCUT2D eigenvalue weighted by molar-refractivity contribution is 5.93. The fraction of sp³-hybridized carbons (Fsp3) is 0.316. The van der Waals surface area contributed by atoms with Crippen molar-refractivity contribution < 1.29 is 23.8 Å². The van der Waals surface area contributed by atoms with E-state index in [1.807, 2.05) is 13.8 Å². The largest absolute Gasteiger partial charge is 0.507 e. The van der Waals surface area contributed by atoms with Crippen LogP contribution in [0, 0.1) is 17.6 Å². The van der Waals surface area contributed by atoms with Crippen LogP contribution in [-0.4, -0.2) is 16.2 Å². The van der Waals surface area contributed by atoms with E-state index in [0.29, 0.717) is 17.0 Å². The van der Waals surface area contributed by atoms with Crippen molar-refractivity contribution in [3.8, 4) is 16.9 Å². The number of rotatable bonds is 4. The summed E-state index contributed by atoms with van der Waals surface area (Å²) in [6.07, 6.45) is 2.01. The maximum atomic E-state index is 14.1. The molecule has 0 amide bonds. The summed E-state index contributed by atoms with van der Waals surface area (Å²) >= 11 is 0. The van der Waals surface area contributed by atoms with E-state index in [9.17, 15) is 23.8 Å². The maximum Gasteiger partial charge on any atom is 0.339 e. The van der Waals surface area contributed by atoms with Crippen LogP contribution in [0.25, 0.3) is 11.1 Å². The molecule has 5 heteroatoms. The molecule has 0 saturated heterocycles. The molecule has 0 aromatic heterocycles. The Balaban J connectivity index is 2.23. The minimum Gasteiger partial charge on any atom is -0.507 e. The van der Waals surface area contributed by atoms with Gasteiger partial charge in [-0.15, -0.1) is 0 Å². The summed E-state index contributed by atoms with van der Waals surface area (Å²) in [4.78, 5) is 11.5. The average molecular weight is 332 g/mol. The first kappa shape index (κ1) is 16.4. The molecule has 1 fully saturated rings. The van der Waals surface area contributed by atoms with Crippen LogP contribution in [-0.2, 0) is 5.41 Å². The van der Waals surface area contributed by atoms with Crippen LogP contribution < -0.4 is 0 Å². The molecular weight excluding hydrogens is 314 g/mol. The van der Waals surface area contributed by atoms with Crippen molar-refractivity contribution in [2.75, 3.05) is 0 Å². The standard InChI is InChI=1S/C19H18F2O3/c1-19(2,11-3-4-11)15-8-10(7-14(17(15)22)18(23)24)13-6-5-12(20)9-16(13)21/h5-9,11,22H,3-4H2,1-2H3,(H,23,24). The zero-order valence-electron chi connectivity index (χ0n) is 13.4. The van der Waals surface area contributed by atoms with E-state index < -0.39 is 23.0 Å². The first-order chi connectivity index (χ1) is 11.2. The smallest absolute Gasteiger partial charge is 0.339 e. The fourth-order valence-corrected chi connectivity index (χ4v) is 3.19. The first-order valence-corrected chi connectivity index (χ1v) is 7.78. The fourth-order valence-electron chi connectivity index (χ4n) is 3.19. The lowest BCUT2D eigenvalue weighted by Crippen LogP contribution is -2.21. The summed E-state index contributed by atoms with van der Waals surface area (Å²) < 4.78 is 27.3. The second-order valence-electron chi connectivity index (χ2n) is 6.85. The van der Waals surface area contributed by atoms with Crippen LogP contribution in [0.5, 0.6) is 5.75 Å². The van der Waals surface area contributed by atoms with Gasteiger partial charge in [0.05, 0.1) is 0 Å². The topological polar surface area (TPSA) is 57.5 Å². The van der Waals surface area contributed by atoms with E-state index in [1.165, 1.54) is 12.1 Å². The Morgan fingerprint density at radius 1 is 1.17 bits per heavy atom. The van der Waals surface area contributed by atoms with Gasteiger partial charge in [-0.05, 0) is 54.0 Å². The monoisotopic (exact) mass is 332 g/mol. The van der Waals surface area contributed by atoms with Gasteiger partial charge in [0.25, 0.3) is 0 Å². The molecule has 0 heterocycles. The van der Waals surface area contributed by atoms with Gasteiger partial charge < -0.3 is 10.2 Å². The Morgan fingerprint density at radius 3 is 2.38 bits per heavy atom. The summed E-state index contributed by atoms with van der Waals surface area (Å²) in [5, 5.41) is 19.8. The number of halogens is 2. The van der Waals surface area contributed by atoms with Crippen LogP contribution in [0.4, 0.5) is 8.78 Å². The second-order valence-corrected chi connectivity index (χ2v) is 6.85. The predicted molar refractivity (Wildman–Crippen MR) is 86.2 cm³/mol. The zero-order chi connectivity index (χ0) is 17.6. The molecule has 3 nitrogen and oxygen atoms in total. The Morgan fingerprint density at radius 2 is 1.83 bits per heavy atom. The molecule has 1 saturated carbocycles. The van der Waals surface area contributed by atoms with Gasteiger partial charge in [0, 0.05) is 17.2 Å². The van der Waals surface area contributed by atoms with E-state index in [4.69, 9.17) is 0 Å². The molecule has 2 aromatic rings. The van der Waals surface area contributed by atoms with Crippen molar-refractivity contribution in [2.45, 2.75) is 32.1 Å². The van der Waals surface area contributed by atoms with Crippen molar-refractivity contribution in [3.63, 3.8) is 0 Å². The predicted octanol–water partition coefficient (Wildman–Crippen LogP) is 4.72. The van der Waals surface area contributed by atoms with Crippen molar-refractivity contribution >= 4 is 5.97 Å². The van der Waals surface area contributed by atoms with Gasteiger partial charge >= 0.3 is 5.97 Å². The molecule has 0 bridgehead atoms. The van der Waals surface area contributed by atoms with Crippen molar-refractivity contribution in [1.29, 1.82) is 0 Å². The summed E-state index contributed by atoms with van der Waals surface area (Å²) in [7, 11) is 0. The lowest BCUT2D eigenvalue weighted by Gasteiger charge is -2.27. The van der Waals surface area contributed by atoms with Crippen LogP contribution in [0.1, 0.15) is 42.6 Å². The average Bonchev–Trinajstić information content (AvgIpc) is 3.32. The van der Waals surface area contributed by atoms with E-state index in [-0.39, 0.29) is 16.9 Å². The number of hydrogen-bond donors (Lipinski definition) is 2. The lowest BCUT2D eigenvalue weighted by atomic mass is 9.77. The van der Waals surface area contributed by atoms with Crippen molar-refractivity contribution in [3.05, 3.63) is 53.1 Å². The van der Waals surface area contributed by atoms with Crippen LogP contribution in [0.2, 0.25) is 0 Å². The molecule has 1 aliphatic carbocycles. The van der Waals surface area contributed by atoms with Crippen molar-refractivity contribution in [2.24, 2.45) is 5.92 Å². The van der Waals surface area contributed by atoms with Crippen LogP contribution in [0.3, 0.4) is 0 Å². The number of phenols is 1. The Hall–Kier alpha value is -2.43. The van der Waals surface area contributed by atoms with E-state index in [1.54, 1.807) is 6.07 Å². The molecule has 0 radical (unpaired) electrons. The Bertz CT molecular complexity index is 824. The number of benzene rings is 2. The third kappa shape index (κ3) is 2.75. The molecule has 3 rings (SSSR count). The minimum absolute atomic E-state index is 0.103. The minimum atomic E-state index is -1.29. The van der Waals surface area contributed by atoms with Gasteiger partial charge in [-0.25, -0.2) is 13.6 Å². The highest BCUT2D eigenvalue weighted by atomic mass is 19.1. The summed E-state index contributed by atoms with van der Waals surface area (Å²) in [6, 6.07) is 5.99. The summed E-state index contributed by atoms with van der Waals surface area (Å²) in [5.41, 5.74) is 0.183. The SMILES string of the molecule is CC(C)(c1cc(-c2ccc(F)cc2F)cc(C(=O)O)c1O)C1CC1. The zero-order valence-corrected chi connectivity index (χ0v) is 13.4. The molecule has 0 unspecified atom stereocenters. The van der Waals surface area contributed by atoms with E-state index in [2.05, 4.69) is 0 Å². The number of carboxylic acids is 1. The van der Waals surface area contributed by atoms with Crippen LogP contribution >= 0.6 is 0 Å². The third-order valence-corrected chi connectivity index (χ3v) is 4.87. The number of carboxylic acid groups (broad SMARTS) is 1. The van der Waals surface area contributed by atoms with Gasteiger partial charge in [0.2, 0.25) is 0 Å². The molecule has 1 aliphatic rings. The quantitative estimate of drug-likeness (QED) is 0.851. The van der Waals surface area contributed by atoms with Gasteiger partial charge in [-0.2, -0.15) is 0 Å². The van der Waals surface area contributed by atoms with Crippen LogP contribution in [0.15, 0.2) is 30.3 Å². The Labute approximate surface area is 138 Å². The molecule has 24 heavy (non-hydrogen) atoms. The number of aromatic hydroxyl groups is 1. The molecule has 2 N–H and O–H groups in total. The first-order valence-electron chi connectivity index (χ1n) is 7.78. The lowest BCUT2D eigenvalue weighted by molar-refractivity contribution is 0.0693. The molecule has 0 aliphatic heterocycles. The molecule has 0 spiro atoms. The van der Waals surface area contributed by atoms with E-state index in [0.717, 1.165) is 25.0 Å². The molecule has 0 atom stereocenters. The third-order valence-electron chi connectivity index (χ3n) is 4.87. The van der Waals surface area contributed by atoms with E-state index >= 15 is 0 Å². The van der Waals surface area contributed by atoms with Gasteiger partial charge in [-0.3, -0.25) is 0 Å². The summed E-state index contributed by atoms with van der Waals surface area (Å²) in [5.74, 6) is -2.70. The van der Waals surface area contributed by atoms with Gasteiger partial charge in [0.1, 0.15) is 22.9 Å². The highest BCUT2D eigenvalue weighted by Gasteiger charge is 2.41. The highest BCUT2D eigenvalue weighted by Crippen LogP contribution is 2.50. The number of hydrogen-bond acceptors (Lipinski definition) is 2. The number of aromatic carboxylic acids is 1.